The average molecular weight is 310 g/mol. The van der Waals surface area contributed by atoms with E-state index < -0.39 is 0 Å². The monoisotopic (exact) mass is 310 g/mol. The number of benzene rings is 2. The zero-order valence-electron chi connectivity index (χ0n) is 12.5. The van der Waals surface area contributed by atoms with Gasteiger partial charge in [0.2, 0.25) is 0 Å². The van der Waals surface area contributed by atoms with Gasteiger partial charge >= 0.3 is 0 Å². The van der Waals surface area contributed by atoms with Crippen molar-refractivity contribution in [1.29, 1.82) is 0 Å². The van der Waals surface area contributed by atoms with E-state index in [1.165, 1.54) is 5.56 Å². The third-order valence-corrected chi connectivity index (χ3v) is 4.61. The van der Waals surface area contributed by atoms with Crippen LogP contribution in [-0.2, 0) is 5.75 Å². The van der Waals surface area contributed by atoms with Crippen LogP contribution in [0.2, 0.25) is 0 Å². The van der Waals surface area contributed by atoms with E-state index in [4.69, 9.17) is 0 Å². The number of hydrogen-bond donors (Lipinski definition) is 0. The zero-order valence-corrected chi connectivity index (χ0v) is 13.3. The minimum Gasteiger partial charge on any atom is -0.286 e. The molecule has 0 radical (unpaired) electrons. The smallest absolute Gasteiger partial charge is 0.259 e. The van der Waals surface area contributed by atoms with Gasteiger partial charge in [0.15, 0.2) is 5.17 Å². The van der Waals surface area contributed by atoms with Crippen LogP contribution in [-0.4, -0.2) is 29.1 Å². The molecule has 0 spiro atoms. The summed E-state index contributed by atoms with van der Waals surface area (Å²) in [4.78, 5) is 18.9. The quantitative estimate of drug-likeness (QED) is 0.865. The van der Waals surface area contributed by atoms with Crippen LogP contribution in [0.4, 0.5) is 0 Å². The van der Waals surface area contributed by atoms with Crippen molar-refractivity contribution >= 4 is 22.8 Å². The molecule has 3 nitrogen and oxygen atoms in total. The Morgan fingerprint density at radius 3 is 2.77 bits per heavy atom. The summed E-state index contributed by atoms with van der Waals surface area (Å²) in [7, 11) is 0. The van der Waals surface area contributed by atoms with Gasteiger partial charge in [-0.1, -0.05) is 59.8 Å². The molecule has 0 saturated carbocycles. The number of carbonyl (C=O) groups excluding carboxylic acids is 1. The van der Waals surface area contributed by atoms with Gasteiger partial charge in [-0.25, -0.2) is 0 Å². The number of aryl methyl sites for hydroxylation is 1. The second-order valence-corrected chi connectivity index (χ2v) is 6.21. The molecule has 0 aliphatic carbocycles. The van der Waals surface area contributed by atoms with Crippen LogP contribution in [0.5, 0.6) is 0 Å². The summed E-state index contributed by atoms with van der Waals surface area (Å²) in [5.74, 6) is 0.873. The van der Waals surface area contributed by atoms with Gasteiger partial charge in [-0.2, -0.15) is 0 Å². The van der Waals surface area contributed by atoms with E-state index in [1.54, 1.807) is 16.7 Å². The number of hydrogen-bond acceptors (Lipinski definition) is 3. The summed E-state index contributed by atoms with van der Waals surface area (Å²) in [5, 5.41) is 0.829. The van der Waals surface area contributed by atoms with Crippen molar-refractivity contribution in [2.24, 2.45) is 4.99 Å². The third-order valence-electron chi connectivity index (χ3n) is 3.52. The molecule has 0 atom stereocenters. The van der Waals surface area contributed by atoms with Crippen LogP contribution in [0.3, 0.4) is 0 Å². The molecule has 0 saturated heterocycles. The first-order valence-electron chi connectivity index (χ1n) is 7.34. The van der Waals surface area contributed by atoms with Gasteiger partial charge in [0.1, 0.15) is 0 Å². The number of thioether (sulfide) groups is 1. The Balaban J connectivity index is 1.69. The van der Waals surface area contributed by atoms with E-state index in [1.807, 2.05) is 49.4 Å². The lowest BCUT2D eigenvalue weighted by atomic mass is 10.1. The highest BCUT2D eigenvalue weighted by Crippen LogP contribution is 2.21. The van der Waals surface area contributed by atoms with Crippen molar-refractivity contribution in [3.8, 4) is 0 Å². The van der Waals surface area contributed by atoms with Gasteiger partial charge in [-0.15, -0.1) is 0 Å². The number of amides is 1. The molecule has 1 aliphatic rings. The average Bonchev–Trinajstić information content (AvgIpc) is 3.01. The number of carbonyl (C=O) groups is 1. The SMILES string of the molecule is Cc1cccc(C(=O)N2CCN=C2SCc2ccccc2)c1. The molecule has 2 aromatic carbocycles. The molecule has 0 N–H and O–H groups in total. The van der Waals surface area contributed by atoms with E-state index in [0.717, 1.165) is 22.0 Å². The summed E-state index contributed by atoms with van der Waals surface area (Å²) in [6, 6.07) is 18.0. The molecular formula is C18H18N2OS. The Kier molecular flexibility index (Phi) is 4.59. The molecule has 0 bridgehead atoms. The summed E-state index contributed by atoms with van der Waals surface area (Å²) >= 11 is 1.63. The Bertz CT molecular complexity index is 697. The Hall–Kier alpha value is -2.07. The highest BCUT2D eigenvalue weighted by atomic mass is 32.2. The summed E-state index contributed by atoms with van der Waals surface area (Å²) in [6.45, 7) is 3.36. The second-order valence-electron chi connectivity index (χ2n) is 5.26. The Morgan fingerprint density at radius 2 is 2.00 bits per heavy atom. The van der Waals surface area contributed by atoms with Crippen molar-refractivity contribution in [3.63, 3.8) is 0 Å². The number of nitrogens with zero attached hydrogens (tertiary/aromatic N) is 2. The maximum absolute atomic E-state index is 12.7. The fraction of sp³-hybridized carbons (Fsp3) is 0.222. The topological polar surface area (TPSA) is 32.7 Å². The lowest BCUT2D eigenvalue weighted by Gasteiger charge is -2.18. The van der Waals surface area contributed by atoms with Crippen LogP contribution in [0, 0.1) is 6.92 Å². The Morgan fingerprint density at radius 1 is 1.18 bits per heavy atom. The lowest BCUT2D eigenvalue weighted by Crippen LogP contribution is -2.32. The summed E-state index contributed by atoms with van der Waals surface area (Å²) in [5.41, 5.74) is 3.07. The first kappa shape index (κ1) is 14.9. The number of amidine groups is 1. The van der Waals surface area contributed by atoms with Gasteiger partial charge in [0, 0.05) is 17.9 Å². The van der Waals surface area contributed by atoms with Crippen LogP contribution in [0.15, 0.2) is 59.6 Å². The van der Waals surface area contributed by atoms with Crippen LogP contribution in [0.25, 0.3) is 0 Å². The van der Waals surface area contributed by atoms with Crippen LogP contribution >= 0.6 is 11.8 Å². The fourth-order valence-corrected chi connectivity index (χ4v) is 3.40. The van der Waals surface area contributed by atoms with Gasteiger partial charge in [0.05, 0.1) is 6.54 Å². The first-order valence-corrected chi connectivity index (χ1v) is 8.32. The maximum atomic E-state index is 12.7. The predicted molar refractivity (Wildman–Crippen MR) is 92.3 cm³/mol. The van der Waals surface area contributed by atoms with E-state index in [9.17, 15) is 4.79 Å². The molecule has 0 unspecified atom stereocenters. The number of aliphatic imine (C=N–C) groups is 1. The molecule has 1 amide bonds. The highest BCUT2D eigenvalue weighted by Gasteiger charge is 2.25. The summed E-state index contributed by atoms with van der Waals surface area (Å²) < 4.78 is 0. The Labute approximate surface area is 135 Å². The molecular weight excluding hydrogens is 292 g/mol. The lowest BCUT2D eigenvalue weighted by molar-refractivity contribution is 0.0860. The van der Waals surface area contributed by atoms with E-state index >= 15 is 0 Å². The normalized spacial score (nSPS) is 14.0. The predicted octanol–water partition coefficient (Wildman–Crippen LogP) is 3.74. The number of rotatable bonds is 3. The molecule has 1 heterocycles. The van der Waals surface area contributed by atoms with Gasteiger partial charge < -0.3 is 0 Å². The molecule has 1 aliphatic heterocycles. The van der Waals surface area contributed by atoms with Crippen molar-refractivity contribution in [2.45, 2.75) is 12.7 Å². The molecule has 4 heteroatoms. The van der Waals surface area contributed by atoms with E-state index in [0.29, 0.717) is 13.1 Å². The zero-order chi connectivity index (χ0) is 15.4. The molecule has 22 heavy (non-hydrogen) atoms. The summed E-state index contributed by atoms with van der Waals surface area (Å²) in [6.07, 6.45) is 0. The second kappa shape index (κ2) is 6.79. The van der Waals surface area contributed by atoms with Gasteiger partial charge in [-0.05, 0) is 24.6 Å². The van der Waals surface area contributed by atoms with Crippen molar-refractivity contribution in [1.82, 2.24) is 4.90 Å². The molecule has 0 aromatic heterocycles. The minimum atomic E-state index is 0.0421. The largest absolute Gasteiger partial charge is 0.286 e. The maximum Gasteiger partial charge on any atom is 0.259 e. The van der Waals surface area contributed by atoms with Gasteiger partial charge in [0.25, 0.3) is 5.91 Å². The fourth-order valence-electron chi connectivity index (χ4n) is 2.39. The van der Waals surface area contributed by atoms with Crippen molar-refractivity contribution in [2.75, 3.05) is 13.1 Å². The van der Waals surface area contributed by atoms with Crippen molar-refractivity contribution in [3.05, 3.63) is 71.3 Å². The van der Waals surface area contributed by atoms with E-state index in [2.05, 4.69) is 17.1 Å². The van der Waals surface area contributed by atoms with E-state index in [-0.39, 0.29) is 5.91 Å². The molecule has 2 aromatic rings. The molecule has 112 valence electrons. The standard InChI is InChI=1S/C18H18N2OS/c1-14-6-5-9-16(12-14)17(21)20-11-10-19-18(20)22-13-15-7-3-2-4-8-15/h2-9,12H,10-11,13H2,1H3. The highest BCUT2D eigenvalue weighted by molar-refractivity contribution is 8.13. The van der Waals surface area contributed by atoms with Crippen LogP contribution in [0.1, 0.15) is 21.5 Å². The third kappa shape index (κ3) is 3.39. The molecule has 3 rings (SSSR count). The minimum absolute atomic E-state index is 0.0421. The van der Waals surface area contributed by atoms with Crippen molar-refractivity contribution < 1.29 is 4.79 Å². The van der Waals surface area contributed by atoms with Gasteiger partial charge in [-0.3, -0.25) is 14.7 Å². The van der Waals surface area contributed by atoms with Crippen LogP contribution < -0.4 is 0 Å². The first-order chi connectivity index (χ1) is 10.7. The molecule has 0 fully saturated rings.